The van der Waals surface area contributed by atoms with Crippen LogP contribution in [0, 0.1) is 11.8 Å². The van der Waals surface area contributed by atoms with Crippen molar-refractivity contribution in [3.63, 3.8) is 0 Å². The second kappa shape index (κ2) is 7.52. The Kier molecular flexibility index (Phi) is 6.71. The molecule has 102 valence electrons. The lowest BCUT2D eigenvalue weighted by Gasteiger charge is -2.36. The Bertz CT molecular complexity index is 242. The van der Waals surface area contributed by atoms with E-state index in [-0.39, 0.29) is 0 Å². The van der Waals surface area contributed by atoms with E-state index in [1.807, 2.05) is 0 Å². The standard InChI is InChI=1S/C14H29NOS/c1-11(2)13-7-5-6-8-14(13)15-12(3)9-10-17(4)16/h11-15H,5-10H2,1-4H3. The van der Waals surface area contributed by atoms with Crippen molar-refractivity contribution in [2.45, 2.75) is 65.0 Å². The molecule has 1 fully saturated rings. The number of hydrogen-bond donors (Lipinski definition) is 1. The van der Waals surface area contributed by atoms with Crippen molar-refractivity contribution < 1.29 is 4.21 Å². The largest absolute Gasteiger partial charge is 0.311 e. The summed E-state index contributed by atoms with van der Waals surface area (Å²) in [7, 11) is -0.650. The molecular weight excluding hydrogens is 230 g/mol. The minimum Gasteiger partial charge on any atom is -0.311 e. The molecule has 17 heavy (non-hydrogen) atoms. The molecule has 4 unspecified atom stereocenters. The molecule has 1 saturated carbocycles. The molecular formula is C14H29NOS. The Balaban J connectivity index is 2.38. The summed E-state index contributed by atoms with van der Waals surface area (Å²) >= 11 is 0. The van der Waals surface area contributed by atoms with Crippen LogP contribution >= 0.6 is 0 Å². The second-order valence-corrected chi connectivity index (χ2v) is 7.49. The molecule has 2 nitrogen and oxygen atoms in total. The van der Waals surface area contributed by atoms with Crippen LogP contribution in [0.2, 0.25) is 0 Å². The summed E-state index contributed by atoms with van der Waals surface area (Å²) in [6.45, 7) is 6.92. The molecule has 0 aromatic carbocycles. The van der Waals surface area contributed by atoms with Gasteiger partial charge in [0.25, 0.3) is 0 Å². The predicted octanol–water partition coefficient (Wildman–Crippen LogP) is 2.95. The first kappa shape index (κ1) is 15.2. The summed E-state index contributed by atoms with van der Waals surface area (Å²) in [6.07, 6.45) is 8.29. The van der Waals surface area contributed by atoms with Gasteiger partial charge in [0.15, 0.2) is 0 Å². The second-order valence-electron chi connectivity index (χ2n) is 5.93. The van der Waals surface area contributed by atoms with Crippen molar-refractivity contribution in [3.8, 4) is 0 Å². The van der Waals surface area contributed by atoms with Crippen LogP contribution < -0.4 is 5.32 Å². The van der Waals surface area contributed by atoms with Crippen molar-refractivity contribution in [1.82, 2.24) is 5.32 Å². The number of nitrogens with one attached hydrogen (secondary N) is 1. The molecule has 1 aliphatic carbocycles. The number of hydrogen-bond acceptors (Lipinski definition) is 2. The van der Waals surface area contributed by atoms with E-state index >= 15 is 0 Å². The van der Waals surface area contributed by atoms with Crippen molar-refractivity contribution in [2.75, 3.05) is 12.0 Å². The van der Waals surface area contributed by atoms with Gasteiger partial charge in [-0.25, -0.2) is 0 Å². The SMILES string of the molecule is CC(CCS(C)=O)NC1CCCCC1C(C)C. The third kappa shape index (κ3) is 5.52. The summed E-state index contributed by atoms with van der Waals surface area (Å²) in [6, 6.07) is 1.19. The van der Waals surface area contributed by atoms with E-state index in [0.717, 1.165) is 24.0 Å². The molecule has 1 aliphatic rings. The fourth-order valence-electron chi connectivity index (χ4n) is 2.96. The van der Waals surface area contributed by atoms with Gasteiger partial charge in [-0.1, -0.05) is 26.7 Å². The maximum absolute atomic E-state index is 11.1. The van der Waals surface area contributed by atoms with Crippen LogP contribution in [0.5, 0.6) is 0 Å². The predicted molar refractivity (Wildman–Crippen MR) is 76.7 cm³/mol. The molecule has 0 aromatic rings. The Morgan fingerprint density at radius 1 is 1.24 bits per heavy atom. The first-order valence-corrected chi connectivity index (χ1v) is 8.79. The monoisotopic (exact) mass is 259 g/mol. The molecule has 0 aliphatic heterocycles. The first-order valence-electron chi connectivity index (χ1n) is 7.06. The summed E-state index contributed by atoms with van der Waals surface area (Å²) in [5.41, 5.74) is 0. The van der Waals surface area contributed by atoms with Crippen LogP contribution in [-0.4, -0.2) is 28.3 Å². The quantitative estimate of drug-likeness (QED) is 0.794. The average Bonchev–Trinajstić information content (AvgIpc) is 2.27. The highest BCUT2D eigenvalue weighted by molar-refractivity contribution is 7.84. The van der Waals surface area contributed by atoms with Gasteiger partial charge >= 0.3 is 0 Å². The van der Waals surface area contributed by atoms with Crippen molar-refractivity contribution >= 4 is 10.8 Å². The highest BCUT2D eigenvalue weighted by Crippen LogP contribution is 2.30. The van der Waals surface area contributed by atoms with Gasteiger partial charge in [-0.15, -0.1) is 0 Å². The van der Waals surface area contributed by atoms with E-state index in [0.29, 0.717) is 12.1 Å². The molecule has 1 rings (SSSR count). The van der Waals surface area contributed by atoms with E-state index in [2.05, 4.69) is 26.1 Å². The maximum atomic E-state index is 11.1. The highest BCUT2D eigenvalue weighted by Gasteiger charge is 2.27. The molecule has 0 radical (unpaired) electrons. The average molecular weight is 259 g/mol. The Hall–Kier alpha value is 0.110. The summed E-state index contributed by atoms with van der Waals surface area (Å²) in [4.78, 5) is 0. The highest BCUT2D eigenvalue weighted by atomic mass is 32.2. The van der Waals surface area contributed by atoms with E-state index in [1.54, 1.807) is 6.26 Å². The van der Waals surface area contributed by atoms with Gasteiger partial charge in [0.2, 0.25) is 0 Å². The molecule has 0 spiro atoms. The topological polar surface area (TPSA) is 29.1 Å². The van der Waals surface area contributed by atoms with E-state index < -0.39 is 10.8 Å². The van der Waals surface area contributed by atoms with Crippen LogP contribution in [0.15, 0.2) is 0 Å². The lowest BCUT2D eigenvalue weighted by Crippen LogP contribution is -2.45. The van der Waals surface area contributed by atoms with Gasteiger partial charge in [0.05, 0.1) is 0 Å². The van der Waals surface area contributed by atoms with Crippen LogP contribution in [0.25, 0.3) is 0 Å². The Labute approximate surface area is 109 Å². The normalized spacial score (nSPS) is 29.2. The van der Waals surface area contributed by atoms with Crippen LogP contribution in [0.3, 0.4) is 0 Å². The lowest BCUT2D eigenvalue weighted by atomic mass is 9.77. The summed E-state index contributed by atoms with van der Waals surface area (Å²) in [5, 5.41) is 3.77. The van der Waals surface area contributed by atoms with E-state index in [4.69, 9.17) is 0 Å². The molecule has 0 bridgehead atoms. The van der Waals surface area contributed by atoms with Crippen molar-refractivity contribution in [3.05, 3.63) is 0 Å². The third-order valence-corrected chi connectivity index (χ3v) is 4.82. The molecule has 0 aromatic heterocycles. The minimum atomic E-state index is -0.650. The number of rotatable bonds is 6. The van der Waals surface area contributed by atoms with Crippen molar-refractivity contribution in [1.29, 1.82) is 0 Å². The molecule has 3 heteroatoms. The van der Waals surface area contributed by atoms with E-state index in [9.17, 15) is 4.21 Å². The minimum absolute atomic E-state index is 0.503. The van der Waals surface area contributed by atoms with Gasteiger partial charge in [0, 0.05) is 34.9 Å². The summed E-state index contributed by atoms with van der Waals surface area (Å²) < 4.78 is 11.1. The van der Waals surface area contributed by atoms with Crippen LogP contribution in [-0.2, 0) is 10.8 Å². The fraction of sp³-hybridized carbons (Fsp3) is 1.00. The van der Waals surface area contributed by atoms with Gasteiger partial charge in [-0.2, -0.15) is 0 Å². The summed E-state index contributed by atoms with van der Waals surface area (Å²) in [5.74, 6) is 2.44. The van der Waals surface area contributed by atoms with Gasteiger partial charge in [-0.05, 0) is 38.0 Å². The first-order chi connectivity index (χ1) is 8.00. The van der Waals surface area contributed by atoms with Gasteiger partial charge in [-0.3, -0.25) is 4.21 Å². The smallest absolute Gasteiger partial charge is 0.0246 e. The molecule has 0 saturated heterocycles. The molecule has 0 amide bonds. The Morgan fingerprint density at radius 2 is 1.88 bits per heavy atom. The van der Waals surface area contributed by atoms with E-state index in [1.165, 1.54) is 25.7 Å². The zero-order valence-corrected chi connectivity index (χ0v) is 12.7. The van der Waals surface area contributed by atoms with Crippen molar-refractivity contribution in [2.24, 2.45) is 11.8 Å². The third-order valence-electron chi connectivity index (χ3n) is 4.01. The van der Waals surface area contributed by atoms with Gasteiger partial charge in [0.1, 0.15) is 0 Å². The lowest BCUT2D eigenvalue weighted by molar-refractivity contribution is 0.193. The molecule has 4 atom stereocenters. The maximum Gasteiger partial charge on any atom is 0.0246 e. The van der Waals surface area contributed by atoms with Crippen LogP contribution in [0.1, 0.15) is 52.9 Å². The zero-order valence-electron chi connectivity index (χ0n) is 11.9. The Morgan fingerprint density at radius 3 is 2.47 bits per heavy atom. The molecule has 1 N–H and O–H groups in total. The van der Waals surface area contributed by atoms with Gasteiger partial charge < -0.3 is 5.32 Å². The van der Waals surface area contributed by atoms with Crippen LogP contribution in [0.4, 0.5) is 0 Å². The molecule has 0 heterocycles. The zero-order chi connectivity index (χ0) is 12.8. The fourth-order valence-corrected chi connectivity index (χ4v) is 3.64.